The number of aromatic nitrogens is 1. The van der Waals surface area contributed by atoms with Crippen molar-refractivity contribution < 1.29 is 0 Å². The zero-order valence-electron chi connectivity index (χ0n) is 13.8. The predicted octanol–water partition coefficient (Wildman–Crippen LogP) is 3.80. The third-order valence-corrected chi connectivity index (χ3v) is 5.29. The van der Waals surface area contributed by atoms with E-state index in [2.05, 4.69) is 54.2 Å². The van der Waals surface area contributed by atoms with Gasteiger partial charge in [-0.2, -0.15) is 0 Å². The minimum atomic E-state index is 1.08. The highest BCUT2D eigenvalue weighted by Crippen LogP contribution is 2.27. The average Bonchev–Trinajstić information content (AvgIpc) is 2.80. The Morgan fingerprint density at radius 1 is 1.14 bits per heavy atom. The van der Waals surface area contributed by atoms with Gasteiger partial charge in [-0.1, -0.05) is 6.92 Å². The van der Waals surface area contributed by atoms with Gasteiger partial charge in [0.2, 0.25) is 0 Å². The Kier molecular flexibility index (Phi) is 4.89. The molecule has 2 aromatic rings. The Morgan fingerprint density at radius 2 is 2.00 bits per heavy atom. The van der Waals surface area contributed by atoms with Gasteiger partial charge in [0, 0.05) is 29.9 Å². The van der Waals surface area contributed by atoms with Crippen LogP contribution < -0.4 is 4.90 Å². The Bertz CT molecular complexity index is 656. The van der Waals surface area contributed by atoms with Crippen molar-refractivity contribution in [2.45, 2.75) is 25.2 Å². The number of thioether (sulfide) groups is 1. The van der Waals surface area contributed by atoms with Crippen LogP contribution in [0.25, 0.3) is 10.9 Å². The lowest BCUT2D eigenvalue weighted by Crippen LogP contribution is -2.31. The standard InChI is InChI=1S/C18H25N3S/c1-4-20-8-5-9-21(11-10-20)18-12-14(2)16-13-15(22-3)6-7-17(16)19-18/h6-7,12-13H,4-5,8-11H2,1-3H3. The monoisotopic (exact) mass is 315 g/mol. The second-order valence-electron chi connectivity index (χ2n) is 5.96. The highest BCUT2D eigenvalue weighted by atomic mass is 32.2. The van der Waals surface area contributed by atoms with Crippen molar-refractivity contribution in [3.8, 4) is 0 Å². The molecule has 1 saturated heterocycles. The van der Waals surface area contributed by atoms with Gasteiger partial charge in [0.15, 0.2) is 0 Å². The van der Waals surface area contributed by atoms with Crippen LogP contribution in [0.2, 0.25) is 0 Å². The second kappa shape index (κ2) is 6.88. The van der Waals surface area contributed by atoms with E-state index in [1.54, 1.807) is 11.8 Å². The first-order chi connectivity index (χ1) is 10.7. The summed E-state index contributed by atoms with van der Waals surface area (Å²) in [4.78, 5) is 11.2. The molecule has 0 amide bonds. The van der Waals surface area contributed by atoms with Gasteiger partial charge in [-0.25, -0.2) is 4.98 Å². The number of hydrogen-bond donors (Lipinski definition) is 0. The number of fused-ring (bicyclic) bond motifs is 1. The smallest absolute Gasteiger partial charge is 0.129 e. The number of rotatable bonds is 3. The van der Waals surface area contributed by atoms with Crippen molar-refractivity contribution in [1.82, 2.24) is 9.88 Å². The van der Waals surface area contributed by atoms with Crippen LogP contribution in [0.5, 0.6) is 0 Å². The molecule has 3 nitrogen and oxygen atoms in total. The van der Waals surface area contributed by atoms with Gasteiger partial charge in [-0.3, -0.25) is 0 Å². The van der Waals surface area contributed by atoms with E-state index in [-0.39, 0.29) is 0 Å². The summed E-state index contributed by atoms with van der Waals surface area (Å²) in [5.41, 5.74) is 2.44. The van der Waals surface area contributed by atoms with E-state index in [1.807, 2.05) is 0 Å². The molecule has 0 aliphatic carbocycles. The third kappa shape index (κ3) is 3.23. The van der Waals surface area contributed by atoms with Crippen LogP contribution in [0.3, 0.4) is 0 Å². The van der Waals surface area contributed by atoms with E-state index in [0.29, 0.717) is 0 Å². The molecule has 4 heteroatoms. The van der Waals surface area contributed by atoms with Crippen molar-refractivity contribution in [2.75, 3.05) is 43.9 Å². The third-order valence-electron chi connectivity index (χ3n) is 4.57. The van der Waals surface area contributed by atoms with Crippen LogP contribution in [0, 0.1) is 6.92 Å². The molecule has 3 rings (SSSR count). The maximum absolute atomic E-state index is 4.93. The first-order valence-corrected chi connectivity index (χ1v) is 9.36. The summed E-state index contributed by atoms with van der Waals surface area (Å²) in [6.07, 6.45) is 3.34. The van der Waals surface area contributed by atoms with E-state index < -0.39 is 0 Å². The molecule has 0 atom stereocenters. The molecule has 118 valence electrons. The van der Waals surface area contributed by atoms with E-state index >= 15 is 0 Å². The zero-order valence-corrected chi connectivity index (χ0v) is 14.6. The van der Waals surface area contributed by atoms with Gasteiger partial charge >= 0.3 is 0 Å². The molecule has 0 saturated carbocycles. The summed E-state index contributed by atoms with van der Waals surface area (Å²) in [7, 11) is 0. The van der Waals surface area contributed by atoms with E-state index in [4.69, 9.17) is 4.98 Å². The zero-order chi connectivity index (χ0) is 15.5. The van der Waals surface area contributed by atoms with Gasteiger partial charge in [0.25, 0.3) is 0 Å². The number of likely N-dealkylation sites (N-methyl/N-ethyl adjacent to an activating group) is 1. The van der Waals surface area contributed by atoms with Crippen LogP contribution >= 0.6 is 11.8 Å². The van der Waals surface area contributed by atoms with E-state index in [1.165, 1.54) is 28.8 Å². The Labute approximate surface area is 137 Å². The summed E-state index contributed by atoms with van der Waals surface area (Å²) in [5.74, 6) is 1.14. The molecular formula is C18H25N3S. The fourth-order valence-corrected chi connectivity index (χ4v) is 3.60. The molecule has 1 aliphatic heterocycles. The van der Waals surface area contributed by atoms with Gasteiger partial charge in [-0.05, 0) is 62.5 Å². The number of anilines is 1. The van der Waals surface area contributed by atoms with Gasteiger partial charge in [-0.15, -0.1) is 11.8 Å². The van der Waals surface area contributed by atoms with Crippen molar-refractivity contribution in [3.05, 3.63) is 29.8 Å². The van der Waals surface area contributed by atoms with E-state index in [9.17, 15) is 0 Å². The quantitative estimate of drug-likeness (QED) is 0.802. The van der Waals surface area contributed by atoms with Gasteiger partial charge < -0.3 is 9.80 Å². The SMILES string of the molecule is CCN1CCCN(c2cc(C)c3cc(SC)ccc3n2)CC1. The molecular weight excluding hydrogens is 290 g/mol. The molecule has 0 unspecified atom stereocenters. The molecule has 22 heavy (non-hydrogen) atoms. The number of hydrogen-bond acceptors (Lipinski definition) is 4. The summed E-state index contributed by atoms with van der Waals surface area (Å²) >= 11 is 1.79. The fourth-order valence-electron chi connectivity index (χ4n) is 3.16. The lowest BCUT2D eigenvalue weighted by Gasteiger charge is -2.23. The van der Waals surface area contributed by atoms with Gasteiger partial charge in [0.05, 0.1) is 5.52 Å². The molecule has 0 bridgehead atoms. The topological polar surface area (TPSA) is 19.4 Å². The minimum absolute atomic E-state index is 1.08. The highest BCUT2D eigenvalue weighted by Gasteiger charge is 2.16. The Hall–Kier alpha value is -1.26. The van der Waals surface area contributed by atoms with Gasteiger partial charge in [0.1, 0.15) is 5.82 Å². The number of nitrogens with zero attached hydrogens (tertiary/aromatic N) is 3. The maximum atomic E-state index is 4.93. The Balaban J connectivity index is 1.91. The average molecular weight is 315 g/mol. The Morgan fingerprint density at radius 3 is 2.77 bits per heavy atom. The highest BCUT2D eigenvalue weighted by molar-refractivity contribution is 7.98. The normalized spacial score (nSPS) is 17.0. The van der Waals surface area contributed by atoms with Crippen LogP contribution in [-0.4, -0.2) is 48.9 Å². The molecule has 2 heterocycles. The number of pyridine rings is 1. The first kappa shape index (κ1) is 15.6. The van der Waals surface area contributed by atoms with Crippen LogP contribution in [-0.2, 0) is 0 Å². The first-order valence-electron chi connectivity index (χ1n) is 8.14. The lowest BCUT2D eigenvalue weighted by atomic mass is 10.1. The van der Waals surface area contributed by atoms with E-state index in [0.717, 1.165) is 37.5 Å². The predicted molar refractivity (Wildman–Crippen MR) is 97.2 cm³/mol. The van der Waals surface area contributed by atoms with Crippen molar-refractivity contribution in [3.63, 3.8) is 0 Å². The molecule has 1 fully saturated rings. The molecule has 1 aromatic heterocycles. The number of benzene rings is 1. The molecule has 1 aliphatic rings. The maximum Gasteiger partial charge on any atom is 0.129 e. The minimum Gasteiger partial charge on any atom is -0.355 e. The summed E-state index contributed by atoms with van der Waals surface area (Å²) in [6.45, 7) is 10.1. The summed E-state index contributed by atoms with van der Waals surface area (Å²) in [5, 5.41) is 1.28. The molecule has 0 N–H and O–H groups in total. The molecule has 1 aromatic carbocycles. The number of aryl methyl sites for hydroxylation is 1. The van der Waals surface area contributed by atoms with Crippen molar-refractivity contribution >= 4 is 28.5 Å². The largest absolute Gasteiger partial charge is 0.355 e. The van der Waals surface area contributed by atoms with Crippen LogP contribution in [0.15, 0.2) is 29.2 Å². The van der Waals surface area contributed by atoms with Crippen molar-refractivity contribution in [1.29, 1.82) is 0 Å². The van der Waals surface area contributed by atoms with Crippen molar-refractivity contribution in [2.24, 2.45) is 0 Å². The fraction of sp³-hybridized carbons (Fsp3) is 0.500. The molecule has 0 radical (unpaired) electrons. The second-order valence-corrected chi connectivity index (χ2v) is 6.83. The lowest BCUT2D eigenvalue weighted by molar-refractivity contribution is 0.310. The summed E-state index contributed by atoms with van der Waals surface area (Å²) in [6, 6.07) is 8.85. The van der Waals surface area contributed by atoms with Crippen LogP contribution in [0.1, 0.15) is 18.9 Å². The molecule has 0 spiro atoms. The van der Waals surface area contributed by atoms with Crippen LogP contribution in [0.4, 0.5) is 5.82 Å². The summed E-state index contributed by atoms with van der Waals surface area (Å²) < 4.78 is 0.